The zero-order chi connectivity index (χ0) is 26.1. The molecule has 0 aromatic heterocycles. The predicted octanol–water partition coefficient (Wildman–Crippen LogP) is 5.78. The number of hydrogen-bond acceptors (Lipinski definition) is 6. The average Bonchev–Trinajstić information content (AvgIpc) is 3.14. The quantitative estimate of drug-likeness (QED) is 0.246. The molecule has 1 fully saturated rings. The Hall–Kier alpha value is -3.75. The third-order valence-corrected chi connectivity index (χ3v) is 6.47. The van der Waals surface area contributed by atoms with Gasteiger partial charge in [0, 0.05) is 11.3 Å². The highest BCUT2D eigenvalue weighted by molar-refractivity contribution is 6.51. The number of halogens is 3. The Morgan fingerprint density at radius 2 is 1.58 bits per heavy atom. The molecule has 1 aliphatic heterocycles. The van der Waals surface area contributed by atoms with Gasteiger partial charge < -0.3 is 19.3 Å². The van der Waals surface area contributed by atoms with Crippen molar-refractivity contribution >= 4 is 46.3 Å². The normalized spacial score (nSPS) is 16.8. The second kappa shape index (κ2) is 10.1. The zero-order valence-corrected chi connectivity index (χ0v) is 20.9. The van der Waals surface area contributed by atoms with Gasteiger partial charge in [-0.05, 0) is 54.1 Å². The number of benzene rings is 3. The second-order valence-corrected chi connectivity index (χ2v) is 8.55. The molecule has 7 nitrogen and oxygen atoms in total. The number of ether oxygens (including phenoxy) is 3. The Labute approximate surface area is 216 Å². The topological polar surface area (TPSA) is 85.3 Å². The molecular formula is C26H20Cl2FNO6. The van der Waals surface area contributed by atoms with Crippen molar-refractivity contribution in [2.24, 2.45) is 0 Å². The number of carbonyl (C=O) groups excluding carboxylic acids is 2. The Kier molecular flexibility index (Phi) is 7.10. The molecule has 1 saturated heterocycles. The van der Waals surface area contributed by atoms with Gasteiger partial charge in [-0.25, -0.2) is 4.39 Å². The fraction of sp³-hybridized carbons (Fsp3) is 0.154. The summed E-state index contributed by atoms with van der Waals surface area (Å²) in [7, 11) is 4.27. The van der Waals surface area contributed by atoms with Gasteiger partial charge in [-0.15, -0.1) is 0 Å². The van der Waals surface area contributed by atoms with E-state index in [1.807, 2.05) is 0 Å². The van der Waals surface area contributed by atoms with Gasteiger partial charge in [0.2, 0.25) is 5.75 Å². The Morgan fingerprint density at radius 3 is 2.14 bits per heavy atom. The molecule has 0 radical (unpaired) electrons. The smallest absolute Gasteiger partial charge is 0.300 e. The molecule has 1 aliphatic rings. The number of aliphatic hydroxyl groups excluding tert-OH is 1. The minimum absolute atomic E-state index is 0.115. The van der Waals surface area contributed by atoms with Crippen LogP contribution in [0.1, 0.15) is 17.2 Å². The van der Waals surface area contributed by atoms with Crippen LogP contribution >= 0.6 is 23.2 Å². The maximum absolute atomic E-state index is 14.1. The van der Waals surface area contributed by atoms with Crippen LogP contribution in [0.25, 0.3) is 5.76 Å². The largest absolute Gasteiger partial charge is 0.507 e. The molecule has 3 aromatic carbocycles. The third kappa shape index (κ3) is 4.34. The van der Waals surface area contributed by atoms with E-state index in [-0.39, 0.29) is 44.1 Å². The van der Waals surface area contributed by atoms with Gasteiger partial charge in [0.05, 0.1) is 43.0 Å². The monoisotopic (exact) mass is 531 g/mol. The summed E-state index contributed by atoms with van der Waals surface area (Å²) in [5, 5.41) is 11.6. The number of carbonyl (C=O) groups is 2. The summed E-state index contributed by atoms with van der Waals surface area (Å²) in [6.07, 6.45) is 0. The third-order valence-electron chi connectivity index (χ3n) is 5.73. The molecule has 1 heterocycles. The first-order chi connectivity index (χ1) is 17.2. The first-order valence-corrected chi connectivity index (χ1v) is 11.3. The first-order valence-electron chi connectivity index (χ1n) is 10.5. The number of hydrogen-bond donors (Lipinski definition) is 1. The van der Waals surface area contributed by atoms with Gasteiger partial charge in [0.15, 0.2) is 11.5 Å². The Morgan fingerprint density at radius 1 is 0.917 bits per heavy atom. The van der Waals surface area contributed by atoms with Crippen LogP contribution in [0.3, 0.4) is 0 Å². The maximum atomic E-state index is 14.1. The minimum atomic E-state index is -1.17. The summed E-state index contributed by atoms with van der Waals surface area (Å²) in [5.74, 6) is -2.22. The van der Waals surface area contributed by atoms with Gasteiger partial charge in [0.25, 0.3) is 11.7 Å². The SMILES string of the molecule is COc1cc(C2/C(=C(\O)c3ccc(Cl)c(Cl)c3)C(=O)C(=O)N2c2cccc(F)c2)cc(OC)c1OC. The van der Waals surface area contributed by atoms with Crippen LogP contribution in [0.4, 0.5) is 10.1 Å². The van der Waals surface area contributed by atoms with Crippen molar-refractivity contribution in [2.75, 3.05) is 26.2 Å². The van der Waals surface area contributed by atoms with Gasteiger partial charge in [-0.1, -0.05) is 29.3 Å². The lowest BCUT2D eigenvalue weighted by Crippen LogP contribution is -2.29. The van der Waals surface area contributed by atoms with Crippen molar-refractivity contribution in [1.29, 1.82) is 0 Å². The van der Waals surface area contributed by atoms with E-state index in [0.717, 1.165) is 11.0 Å². The molecule has 1 amide bonds. The van der Waals surface area contributed by atoms with Crippen molar-refractivity contribution in [3.63, 3.8) is 0 Å². The number of aliphatic hydroxyl groups is 1. The van der Waals surface area contributed by atoms with Crippen LogP contribution in [0.15, 0.2) is 60.2 Å². The van der Waals surface area contributed by atoms with E-state index in [9.17, 15) is 19.1 Å². The highest BCUT2D eigenvalue weighted by Crippen LogP contribution is 2.47. The molecule has 0 bridgehead atoms. The molecule has 0 spiro atoms. The highest BCUT2D eigenvalue weighted by Gasteiger charge is 2.47. The number of methoxy groups -OCH3 is 3. The minimum Gasteiger partial charge on any atom is -0.507 e. The van der Waals surface area contributed by atoms with Crippen LogP contribution in [-0.2, 0) is 9.59 Å². The van der Waals surface area contributed by atoms with E-state index < -0.39 is 29.3 Å². The number of Topliss-reactive ketones (excluding diaryl/α,β-unsaturated/α-hetero) is 1. The zero-order valence-electron chi connectivity index (χ0n) is 19.3. The Bertz CT molecular complexity index is 1380. The highest BCUT2D eigenvalue weighted by atomic mass is 35.5. The van der Waals surface area contributed by atoms with Gasteiger partial charge in [0.1, 0.15) is 11.6 Å². The van der Waals surface area contributed by atoms with Gasteiger partial charge >= 0.3 is 0 Å². The number of anilines is 1. The molecule has 0 saturated carbocycles. The first kappa shape index (κ1) is 25.3. The molecular weight excluding hydrogens is 512 g/mol. The van der Waals surface area contributed by atoms with Gasteiger partial charge in [-0.3, -0.25) is 14.5 Å². The van der Waals surface area contributed by atoms with E-state index in [1.165, 1.54) is 57.7 Å². The van der Waals surface area contributed by atoms with Crippen molar-refractivity contribution in [2.45, 2.75) is 6.04 Å². The summed E-state index contributed by atoms with van der Waals surface area (Å²) >= 11 is 12.1. The summed E-state index contributed by atoms with van der Waals surface area (Å²) < 4.78 is 30.4. The molecule has 36 heavy (non-hydrogen) atoms. The second-order valence-electron chi connectivity index (χ2n) is 7.74. The number of rotatable bonds is 6. The van der Waals surface area contributed by atoms with Crippen LogP contribution < -0.4 is 19.1 Å². The number of ketones is 1. The molecule has 3 aromatic rings. The fourth-order valence-electron chi connectivity index (χ4n) is 4.10. The lowest BCUT2D eigenvalue weighted by Gasteiger charge is -2.26. The van der Waals surface area contributed by atoms with Crippen LogP contribution in [0, 0.1) is 5.82 Å². The lowest BCUT2D eigenvalue weighted by molar-refractivity contribution is -0.132. The maximum Gasteiger partial charge on any atom is 0.300 e. The predicted molar refractivity (Wildman–Crippen MR) is 134 cm³/mol. The number of nitrogens with zero attached hydrogens (tertiary/aromatic N) is 1. The summed E-state index contributed by atoms with van der Waals surface area (Å²) in [6.45, 7) is 0. The average molecular weight is 532 g/mol. The molecule has 1 N–H and O–H groups in total. The summed E-state index contributed by atoms with van der Waals surface area (Å²) in [4.78, 5) is 27.7. The molecule has 4 rings (SSSR count). The van der Waals surface area contributed by atoms with Crippen molar-refractivity contribution < 1.29 is 33.3 Å². The van der Waals surface area contributed by atoms with Gasteiger partial charge in [-0.2, -0.15) is 0 Å². The molecule has 10 heteroatoms. The standard InChI is InChI=1S/C26H20Cl2FNO6/c1-34-19-10-14(11-20(35-2)25(19)36-3)22-21(23(31)13-7-8-17(27)18(28)9-13)24(32)26(33)30(22)16-6-4-5-15(29)12-16/h4-12,22,31H,1-3H3/b23-21+. The number of amides is 1. The Balaban J connectivity index is 2.03. The van der Waals surface area contributed by atoms with E-state index in [4.69, 9.17) is 37.4 Å². The van der Waals surface area contributed by atoms with Crippen LogP contribution in [0.2, 0.25) is 10.0 Å². The molecule has 1 unspecified atom stereocenters. The summed E-state index contributed by atoms with van der Waals surface area (Å²) in [6, 6.07) is 11.4. The van der Waals surface area contributed by atoms with Crippen LogP contribution in [-0.4, -0.2) is 38.1 Å². The van der Waals surface area contributed by atoms with E-state index in [1.54, 1.807) is 12.1 Å². The summed E-state index contributed by atoms with van der Waals surface area (Å²) in [5.41, 5.74) is 0.384. The van der Waals surface area contributed by atoms with Crippen molar-refractivity contribution in [3.8, 4) is 17.2 Å². The fourth-order valence-corrected chi connectivity index (χ4v) is 4.40. The van der Waals surface area contributed by atoms with Crippen molar-refractivity contribution in [3.05, 3.63) is 87.2 Å². The lowest BCUT2D eigenvalue weighted by atomic mass is 9.94. The molecule has 0 aliphatic carbocycles. The van der Waals surface area contributed by atoms with Crippen molar-refractivity contribution in [1.82, 2.24) is 0 Å². The van der Waals surface area contributed by atoms with E-state index in [2.05, 4.69) is 0 Å². The van der Waals surface area contributed by atoms with Crippen LogP contribution in [0.5, 0.6) is 17.2 Å². The molecule has 186 valence electrons. The molecule has 1 atom stereocenters. The van der Waals surface area contributed by atoms with E-state index >= 15 is 0 Å². The van der Waals surface area contributed by atoms with E-state index in [0.29, 0.717) is 5.56 Å².